The van der Waals surface area contributed by atoms with Crippen molar-refractivity contribution in [2.75, 3.05) is 0 Å². The second kappa shape index (κ2) is 6.64. The van der Waals surface area contributed by atoms with Gasteiger partial charge >= 0.3 is 0 Å². The quantitative estimate of drug-likeness (QED) is 0.480. The van der Waals surface area contributed by atoms with Gasteiger partial charge in [-0.2, -0.15) is 0 Å². The van der Waals surface area contributed by atoms with Gasteiger partial charge in [0.2, 0.25) is 0 Å². The maximum absolute atomic E-state index is 2.53. The predicted molar refractivity (Wildman–Crippen MR) is 87.5 cm³/mol. The van der Waals surface area contributed by atoms with E-state index in [9.17, 15) is 0 Å². The number of rotatable bonds is 1. The average Bonchev–Trinajstić information content (AvgIpc) is 2.29. The summed E-state index contributed by atoms with van der Waals surface area (Å²) in [7, 11) is 0. The molecule has 0 aromatic rings. The van der Waals surface area contributed by atoms with Gasteiger partial charge in [0.05, 0.1) is 0 Å². The summed E-state index contributed by atoms with van der Waals surface area (Å²) < 4.78 is 0. The maximum atomic E-state index is 2.53. The molecule has 114 valence electrons. The lowest BCUT2D eigenvalue weighted by molar-refractivity contribution is 0.130. The summed E-state index contributed by atoms with van der Waals surface area (Å²) in [6, 6.07) is 0. The Morgan fingerprint density at radius 2 is 1.16 bits per heavy atom. The molecule has 0 aliphatic heterocycles. The van der Waals surface area contributed by atoms with Crippen molar-refractivity contribution in [2.24, 2.45) is 16.2 Å². The summed E-state index contributed by atoms with van der Waals surface area (Å²) in [5.41, 5.74) is 1.64. The minimum absolute atomic E-state index is 0.513. The van der Waals surface area contributed by atoms with Gasteiger partial charge in [-0.25, -0.2) is 0 Å². The van der Waals surface area contributed by atoms with Crippen LogP contribution in [-0.2, 0) is 0 Å². The molecular formula is C19H38. The third-order valence-corrected chi connectivity index (χ3v) is 5.60. The first-order valence-corrected chi connectivity index (χ1v) is 8.68. The highest BCUT2D eigenvalue weighted by Crippen LogP contribution is 2.44. The van der Waals surface area contributed by atoms with Crippen LogP contribution in [0.2, 0.25) is 0 Å². The molecule has 0 aromatic heterocycles. The second-order valence-corrected chi connectivity index (χ2v) is 9.08. The Kier molecular flexibility index (Phi) is 5.96. The van der Waals surface area contributed by atoms with Crippen LogP contribution < -0.4 is 0 Å². The third-order valence-electron chi connectivity index (χ3n) is 5.60. The van der Waals surface area contributed by atoms with Crippen LogP contribution in [0.25, 0.3) is 0 Å². The molecule has 1 saturated carbocycles. The molecule has 0 N–H and O–H groups in total. The van der Waals surface area contributed by atoms with Crippen molar-refractivity contribution in [1.82, 2.24) is 0 Å². The monoisotopic (exact) mass is 266 g/mol. The van der Waals surface area contributed by atoms with Crippen molar-refractivity contribution >= 4 is 0 Å². The Bertz CT molecular complexity index is 261. The Balaban J connectivity index is 2.72. The third kappa shape index (κ3) is 6.32. The van der Waals surface area contributed by atoms with E-state index >= 15 is 0 Å². The van der Waals surface area contributed by atoms with Gasteiger partial charge in [-0.05, 0) is 48.3 Å². The minimum Gasteiger partial charge on any atom is -0.0649 e. The van der Waals surface area contributed by atoms with E-state index in [1.54, 1.807) is 0 Å². The molecule has 0 aromatic carbocycles. The molecule has 1 aliphatic rings. The fourth-order valence-electron chi connectivity index (χ4n) is 4.10. The van der Waals surface area contributed by atoms with E-state index in [1.165, 1.54) is 64.2 Å². The summed E-state index contributed by atoms with van der Waals surface area (Å²) in [5, 5.41) is 0. The van der Waals surface area contributed by atoms with Gasteiger partial charge in [-0.3, -0.25) is 0 Å². The first-order valence-electron chi connectivity index (χ1n) is 8.68. The van der Waals surface area contributed by atoms with Crippen LogP contribution in [-0.4, -0.2) is 0 Å². The summed E-state index contributed by atoms with van der Waals surface area (Å²) in [4.78, 5) is 0. The molecule has 1 rings (SSSR count). The van der Waals surface area contributed by atoms with Gasteiger partial charge in [0.1, 0.15) is 0 Å². The molecule has 1 atom stereocenters. The van der Waals surface area contributed by atoms with E-state index in [0.717, 1.165) is 0 Å². The first-order chi connectivity index (χ1) is 8.68. The molecular weight excluding hydrogens is 228 g/mol. The average molecular weight is 267 g/mol. The lowest BCUT2D eigenvalue weighted by atomic mass is 9.67. The standard InChI is InChI=1S/C19H38/c1-7-19(6)13-11-9-8-10-12-17(2,3)16-18(4,5)14-15-19/h7-16H2,1-6H3. The predicted octanol–water partition coefficient (Wildman–Crippen LogP) is 6.98. The SMILES string of the molecule is CCC1(C)CCCCCCC(C)(C)CC(C)(C)CC1. The van der Waals surface area contributed by atoms with Crippen molar-refractivity contribution in [3.05, 3.63) is 0 Å². The van der Waals surface area contributed by atoms with Crippen molar-refractivity contribution in [1.29, 1.82) is 0 Å². The Morgan fingerprint density at radius 3 is 1.74 bits per heavy atom. The molecule has 0 heterocycles. The lowest BCUT2D eigenvalue weighted by Crippen LogP contribution is -2.26. The lowest BCUT2D eigenvalue weighted by Gasteiger charge is -2.39. The van der Waals surface area contributed by atoms with E-state index in [1.807, 2.05) is 0 Å². The Labute approximate surface area is 122 Å². The van der Waals surface area contributed by atoms with Crippen LogP contribution in [0, 0.1) is 16.2 Å². The van der Waals surface area contributed by atoms with Gasteiger partial charge < -0.3 is 0 Å². The molecule has 0 nitrogen and oxygen atoms in total. The minimum atomic E-state index is 0.513. The highest BCUT2D eigenvalue weighted by molar-refractivity contribution is 4.83. The maximum Gasteiger partial charge on any atom is -0.0328 e. The van der Waals surface area contributed by atoms with Gasteiger partial charge in [0.15, 0.2) is 0 Å². The molecule has 0 amide bonds. The molecule has 1 aliphatic carbocycles. The van der Waals surface area contributed by atoms with Crippen molar-refractivity contribution in [3.8, 4) is 0 Å². The van der Waals surface area contributed by atoms with Crippen LogP contribution >= 0.6 is 0 Å². The molecule has 0 heteroatoms. The zero-order chi connectivity index (χ0) is 14.6. The summed E-state index contributed by atoms with van der Waals surface area (Å²) in [6.45, 7) is 14.9. The van der Waals surface area contributed by atoms with E-state index in [2.05, 4.69) is 41.5 Å². The first kappa shape index (κ1) is 17.1. The molecule has 1 unspecified atom stereocenters. The Morgan fingerprint density at radius 1 is 0.632 bits per heavy atom. The van der Waals surface area contributed by atoms with Crippen LogP contribution in [0.5, 0.6) is 0 Å². The number of hydrogen-bond acceptors (Lipinski definition) is 0. The van der Waals surface area contributed by atoms with E-state index in [0.29, 0.717) is 16.2 Å². The molecule has 0 radical (unpaired) electrons. The van der Waals surface area contributed by atoms with Gasteiger partial charge in [0, 0.05) is 0 Å². The summed E-state index contributed by atoms with van der Waals surface area (Å²) >= 11 is 0. The second-order valence-electron chi connectivity index (χ2n) is 9.08. The van der Waals surface area contributed by atoms with Crippen molar-refractivity contribution in [2.45, 2.75) is 106 Å². The normalized spacial score (nSPS) is 33.2. The molecule has 0 bridgehead atoms. The van der Waals surface area contributed by atoms with Crippen LogP contribution in [0.15, 0.2) is 0 Å². The largest absolute Gasteiger partial charge is 0.0649 e. The smallest absolute Gasteiger partial charge is 0.0328 e. The zero-order valence-electron chi connectivity index (χ0n) is 14.6. The molecule has 1 fully saturated rings. The number of hydrogen-bond donors (Lipinski definition) is 0. The van der Waals surface area contributed by atoms with Crippen LogP contribution in [0.4, 0.5) is 0 Å². The van der Waals surface area contributed by atoms with Crippen molar-refractivity contribution in [3.63, 3.8) is 0 Å². The highest BCUT2D eigenvalue weighted by atomic mass is 14.4. The molecule has 0 spiro atoms. The molecule has 0 saturated heterocycles. The van der Waals surface area contributed by atoms with Gasteiger partial charge in [0.25, 0.3) is 0 Å². The van der Waals surface area contributed by atoms with Gasteiger partial charge in [-0.15, -0.1) is 0 Å². The van der Waals surface area contributed by atoms with Gasteiger partial charge in [-0.1, -0.05) is 73.6 Å². The van der Waals surface area contributed by atoms with Crippen LogP contribution in [0.3, 0.4) is 0 Å². The molecule has 19 heavy (non-hydrogen) atoms. The zero-order valence-corrected chi connectivity index (χ0v) is 14.6. The fourth-order valence-corrected chi connectivity index (χ4v) is 4.10. The van der Waals surface area contributed by atoms with E-state index in [-0.39, 0.29) is 0 Å². The van der Waals surface area contributed by atoms with E-state index in [4.69, 9.17) is 0 Å². The van der Waals surface area contributed by atoms with Crippen LogP contribution in [0.1, 0.15) is 106 Å². The Hall–Kier alpha value is 0. The van der Waals surface area contributed by atoms with Crippen molar-refractivity contribution < 1.29 is 0 Å². The highest BCUT2D eigenvalue weighted by Gasteiger charge is 2.31. The fraction of sp³-hybridized carbons (Fsp3) is 1.00. The summed E-state index contributed by atoms with van der Waals surface area (Å²) in [6.07, 6.45) is 14.2. The van der Waals surface area contributed by atoms with E-state index < -0.39 is 0 Å². The topological polar surface area (TPSA) is 0 Å². The summed E-state index contributed by atoms with van der Waals surface area (Å²) in [5.74, 6) is 0.